The fourth-order valence-electron chi connectivity index (χ4n) is 8.61. The smallest absolute Gasteiger partial charge is 0.164 e. The molecule has 0 atom stereocenters. The van der Waals surface area contributed by atoms with Crippen LogP contribution in [0.25, 0.3) is 78.7 Å². The summed E-state index contributed by atoms with van der Waals surface area (Å²) in [5.41, 5.74) is 14.2. The highest BCUT2D eigenvalue weighted by Gasteiger charge is 2.54. The van der Waals surface area contributed by atoms with E-state index in [-0.39, 0.29) is 0 Å². The molecule has 0 saturated heterocycles. The molecule has 2 aliphatic carbocycles. The van der Waals surface area contributed by atoms with E-state index < -0.39 is 5.41 Å². The van der Waals surface area contributed by atoms with Crippen LogP contribution < -0.4 is 0 Å². The van der Waals surface area contributed by atoms with Gasteiger partial charge in [-0.1, -0.05) is 170 Å². The molecule has 9 aromatic rings. The van der Waals surface area contributed by atoms with Gasteiger partial charge >= 0.3 is 0 Å². The Kier molecular flexibility index (Phi) is 6.13. The summed E-state index contributed by atoms with van der Waals surface area (Å²) in [6, 6.07) is 61.8. The van der Waals surface area contributed by atoms with Crippen molar-refractivity contribution in [2.45, 2.75) is 5.41 Å². The highest BCUT2D eigenvalue weighted by molar-refractivity contribution is 6.05. The third kappa shape index (κ3) is 4.00. The highest BCUT2D eigenvalue weighted by Crippen LogP contribution is 2.65. The molecule has 0 bridgehead atoms. The molecule has 0 saturated carbocycles. The quantitative estimate of drug-likeness (QED) is 0.188. The van der Waals surface area contributed by atoms with Gasteiger partial charge in [-0.2, -0.15) is 0 Å². The lowest BCUT2D eigenvalue weighted by molar-refractivity contribution is 0.629. The van der Waals surface area contributed by atoms with Gasteiger partial charge < -0.3 is 4.42 Å². The van der Waals surface area contributed by atoms with Crippen LogP contribution in [0.15, 0.2) is 180 Å². The lowest BCUT2D eigenvalue weighted by atomic mass is 9.70. The average Bonchev–Trinajstić information content (AvgIpc) is 3.85. The minimum atomic E-state index is -0.493. The standard InChI is InChI=1S/C48H29N3O/c1-3-14-31(15-4-1)45-49-46(32-16-5-2-6-17-32)51-47(50-45)33-28-26-30(27-29-33)34-21-13-24-40-42(34)44-43(37-20-9-12-25-41(37)52-44)48(40)38-22-10-7-18-35(38)36-19-8-11-23-39(36)48/h1-29H. The van der Waals surface area contributed by atoms with Crippen LogP contribution in [0.3, 0.4) is 0 Å². The van der Waals surface area contributed by atoms with E-state index in [1.807, 2.05) is 60.7 Å². The second-order valence-corrected chi connectivity index (χ2v) is 13.5. The number of hydrogen-bond donors (Lipinski definition) is 0. The second kappa shape index (κ2) is 11.0. The van der Waals surface area contributed by atoms with Gasteiger partial charge in [0.05, 0.1) is 5.41 Å². The Bertz CT molecular complexity index is 2730. The molecule has 0 amide bonds. The molecule has 0 fully saturated rings. The Morgan fingerprint density at radius 3 is 1.44 bits per heavy atom. The highest BCUT2D eigenvalue weighted by atomic mass is 16.3. The molecule has 242 valence electrons. The Labute approximate surface area is 300 Å². The number of furan rings is 1. The minimum Gasteiger partial charge on any atom is -0.456 e. The first-order valence-corrected chi connectivity index (χ1v) is 17.6. The van der Waals surface area contributed by atoms with Crippen LogP contribution >= 0.6 is 0 Å². The molecular weight excluding hydrogens is 635 g/mol. The zero-order valence-corrected chi connectivity index (χ0v) is 28.0. The van der Waals surface area contributed by atoms with Crippen LogP contribution in [0.1, 0.15) is 22.3 Å². The zero-order chi connectivity index (χ0) is 34.2. The molecule has 4 heteroatoms. The number of hydrogen-bond acceptors (Lipinski definition) is 4. The molecule has 1 spiro atoms. The molecule has 0 radical (unpaired) electrons. The topological polar surface area (TPSA) is 51.8 Å². The van der Waals surface area contributed by atoms with E-state index in [1.165, 1.54) is 33.4 Å². The van der Waals surface area contributed by atoms with Gasteiger partial charge in [-0.05, 0) is 45.0 Å². The van der Waals surface area contributed by atoms with E-state index in [0.717, 1.165) is 50.1 Å². The molecule has 0 unspecified atom stereocenters. The van der Waals surface area contributed by atoms with E-state index in [0.29, 0.717) is 17.5 Å². The van der Waals surface area contributed by atoms with Crippen molar-refractivity contribution in [2.75, 3.05) is 0 Å². The largest absolute Gasteiger partial charge is 0.456 e. The van der Waals surface area contributed by atoms with Crippen LogP contribution in [-0.4, -0.2) is 15.0 Å². The summed E-state index contributed by atoms with van der Waals surface area (Å²) < 4.78 is 6.89. The number of benzene rings is 7. The average molecular weight is 664 g/mol. The number of nitrogens with zero attached hydrogens (tertiary/aromatic N) is 3. The molecule has 0 aliphatic heterocycles. The molecule has 0 N–H and O–H groups in total. The van der Waals surface area contributed by atoms with Gasteiger partial charge in [-0.15, -0.1) is 0 Å². The zero-order valence-electron chi connectivity index (χ0n) is 28.0. The predicted molar refractivity (Wildman–Crippen MR) is 208 cm³/mol. The Hall–Kier alpha value is -6.91. The van der Waals surface area contributed by atoms with Crippen molar-refractivity contribution in [3.63, 3.8) is 0 Å². The summed E-state index contributed by atoms with van der Waals surface area (Å²) in [5, 5.41) is 1.15. The normalized spacial score (nSPS) is 13.2. The molecule has 2 aromatic heterocycles. The van der Waals surface area contributed by atoms with Gasteiger partial charge in [0.25, 0.3) is 0 Å². The van der Waals surface area contributed by atoms with Crippen molar-refractivity contribution in [2.24, 2.45) is 0 Å². The van der Waals surface area contributed by atoms with Crippen LogP contribution in [0.2, 0.25) is 0 Å². The Morgan fingerprint density at radius 2 is 0.827 bits per heavy atom. The van der Waals surface area contributed by atoms with Crippen molar-refractivity contribution >= 4 is 11.0 Å². The fraction of sp³-hybridized carbons (Fsp3) is 0.0208. The van der Waals surface area contributed by atoms with Gasteiger partial charge in [-0.25, -0.2) is 15.0 Å². The van der Waals surface area contributed by atoms with Crippen molar-refractivity contribution in [1.82, 2.24) is 15.0 Å². The minimum absolute atomic E-state index is 0.493. The summed E-state index contributed by atoms with van der Waals surface area (Å²) in [6.45, 7) is 0. The molecule has 2 aliphatic rings. The lowest BCUT2D eigenvalue weighted by Gasteiger charge is -2.30. The third-order valence-electron chi connectivity index (χ3n) is 10.8. The third-order valence-corrected chi connectivity index (χ3v) is 10.8. The number of para-hydroxylation sites is 1. The summed E-state index contributed by atoms with van der Waals surface area (Å²) in [5.74, 6) is 2.87. The van der Waals surface area contributed by atoms with Gasteiger partial charge in [-0.3, -0.25) is 0 Å². The molecular formula is C48H29N3O. The maximum absolute atomic E-state index is 6.89. The fourth-order valence-corrected chi connectivity index (χ4v) is 8.61. The van der Waals surface area contributed by atoms with Crippen LogP contribution in [0.4, 0.5) is 0 Å². The van der Waals surface area contributed by atoms with Gasteiger partial charge in [0.2, 0.25) is 0 Å². The van der Waals surface area contributed by atoms with Crippen molar-refractivity contribution in [3.8, 4) is 67.7 Å². The van der Waals surface area contributed by atoms with E-state index in [9.17, 15) is 0 Å². The van der Waals surface area contributed by atoms with Gasteiger partial charge in [0, 0.05) is 33.2 Å². The second-order valence-electron chi connectivity index (χ2n) is 13.5. The first-order valence-electron chi connectivity index (χ1n) is 17.6. The van der Waals surface area contributed by atoms with E-state index in [1.54, 1.807) is 0 Å². The molecule has 4 nitrogen and oxygen atoms in total. The summed E-state index contributed by atoms with van der Waals surface area (Å²) >= 11 is 0. The maximum Gasteiger partial charge on any atom is 0.164 e. The van der Waals surface area contributed by atoms with E-state index in [4.69, 9.17) is 19.4 Å². The SMILES string of the molecule is c1ccc(-c2nc(-c3ccccc3)nc(-c3ccc(-c4cccc5c4-c4oc6ccccc6c4C54c5ccccc5-c5ccccc54)cc3)n2)cc1. The van der Waals surface area contributed by atoms with Crippen molar-refractivity contribution in [3.05, 3.63) is 198 Å². The summed E-state index contributed by atoms with van der Waals surface area (Å²) in [7, 11) is 0. The van der Waals surface area contributed by atoms with Gasteiger partial charge in [0.1, 0.15) is 11.3 Å². The lowest BCUT2D eigenvalue weighted by Crippen LogP contribution is -2.25. The molecule has 7 aromatic carbocycles. The summed E-state index contributed by atoms with van der Waals surface area (Å²) in [4.78, 5) is 14.8. The predicted octanol–water partition coefficient (Wildman–Crippen LogP) is 11.6. The van der Waals surface area contributed by atoms with E-state index >= 15 is 0 Å². The monoisotopic (exact) mass is 663 g/mol. The number of rotatable bonds is 4. The van der Waals surface area contributed by atoms with Crippen molar-refractivity contribution in [1.29, 1.82) is 0 Å². The maximum atomic E-state index is 6.89. The van der Waals surface area contributed by atoms with Crippen LogP contribution in [0, 0.1) is 0 Å². The molecule has 52 heavy (non-hydrogen) atoms. The Balaban J connectivity index is 1.11. The number of aromatic nitrogens is 3. The van der Waals surface area contributed by atoms with E-state index in [2.05, 4.69) is 115 Å². The van der Waals surface area contributed by atoms with Crippen molar-refractivity contribution < 1.29 is 4.42 Å². The van der Waals surface area contributed by atoms with Gasteiger partial charge in [0.15, 0.2) is 17.5 Å². The molecule has 11 rings (SSSR count). The Morgan fingerprint density at radius 1 is 0.365 bits per heavy atom. The molecule has 2 heterocycles. The number of fused-ring (bicyclic) bond motifs is 12. The first-order chi connectivity index (χ1) is 25.8. The van der Waals surface area contributed by atoms with Crippen LogP contribution in [0.5, 0.6) is 0 Å². The summed E-state index contributed by atoms with van der Waals surface area (Å²) in [6.07, 6.45) is 0. The first kappa shape index (κ1) is 28.9. The van der Waals surface area contributed by atoms with Crippen LogP contribution in [-0.2, 0) is 5.41 Å².